The molecular weight excluding hydrogens is 342 g/mol. The zero-order valence-corrected chi connectivity index (χ0v) is 15.6. The molecule has 140 valence electrons. The summed E-state index contributed by atoms with van der Waals surface area (Å²) in [6, 6.07) is 9.57. The first kappa shape index (κ1) is 18.7. The first-order chi connectivity index (χ1) is 13.2. The summed E-state index contributed by atoms with van der Waals surface area (Å²) in [5.41, 5.74) is 1.86. The summed E-state index contributed by atoms with van der Waals surface area (Å²) in [6.07, 6.45) is 4.02. The number of imidazole rings is 1. The Morgan fingerprint density at radius 2 is 1.81 bits per heavy atom. The Hall–Kier alpha value is -3.09. The maximum absolute atomic E-state index is 12.8. The molecule has 2 aromatic heterocycles. The van der Waals surface area contributed by atoms with Crippen molar-refractivity contribution in [1.82, 2.24) is 24.4 Å². The Labute approximate surface area is 158 Å². The molecule has 7 nitrogen and oxygen atoms in total. The van der Waals surface area contributed by atoms with E-state index in [1.807, 2.05) is 49.1 Å². The smallest absolute Gasteiger partial charge is 0.242 e. The number of hydrogen-bond donors (Lipinski definition) is 0. The first-order valence-corrected chi connectivity index (χ1v) is 9.19. The highest BCUT2D eigenvalue weighted by Gasteiger charge is 2.19. The van der Waals surface area contributed by atoms with E-state index >= 15 is 0 Å². The number of fused-ring (bicyclic) bond motifs is 1. The van der Waals surface area contributed by atoms with Crippen molar-refractivity contribution in [2.24, 2.45) is 0 Å². The third-order valence-electron chi connectivity index (χ3n) is 4.29. The van der Waals surface area contributed by atoms with Crippen molar-refractivity contribution in [2.45, 2.75) is 33.2 Å². The van der Waals surface area contributed by atoms with Gasteiger partial charge < -0.3 is 4.90 Å². The number of carbonyl (C=O) groups is 2. The number of nitrogens with zero attached hydrogens (tertiary/aromatic N) is 5. The molecule has 0 aliphatic heterocycles. The Bertz CT molecular complexity index is 930. The molecule has 7 heteroatoms. The zero-order chi connectivity index (χ0) is 19.2. The van der Waals surface area contributed by atoms with Crippen LogP contribution >= 0.6 is 0 Å². The van der Waals surface area contributed by atoms with E-state index in [4.69, 9.17) is 0 Å². The van der Waals surface area contributed by atoms with Crippen molar-refractivity contribution in [2.75, 3.05) is 13.1 Å². The molecule has 2 heterocycles. The lowest BCUT2D eigenvalue weighted by molar-refractivity contribution is -0.131. The van der Waals surface area contributed by atoms with Crippen LogP contribution in [-0.2, 0) is 11.3 Å². The Morgan fingerprint density at radius 1 is 1.11 bits per heavy atom. The molecule has 0 aliphatic rings. The van der Waals surface area contributed by atoms with Gasteiger partial charge in [-0.15, -0.1) is 0 Å². The van der Waals surface area contributed by atoms with Gasteiger partial charge in [0.05, 0.1) is 6.20 Å². The highest BCUT2D eigenvalue weighted by molar-refractivity contribution is 5.84. The molecule has 1 amide bonds. The Morgan fingerprint density at radius 3 is 2.44 bits per heavy atom. The van der Waals surface area contributed by atoms with Gasteiger partial charge in [0.2, 0.25) is 5.91 Å². The highest BCUT2D eigenvalue weighted by Crippen LogP contribution is 2.19. The van der Waals surface area contributed by atoms with Crippen LogP contribution in [0.15, 0.2) is 36.5 Å². The van der Waals surface area contributed by atoms with Crippen LogP contribution in [0, 0.1) is 0 Å². The summed E-state index contributed by atoms with van der Waals surface area (Å²) in [5, 5.41) is 0. The van der Waals surface area contributed by atoms with Gasteiger partial charge in [0.15, 0.2) is 23.6 Å². The first-order valence-electron chi connectivity index (χ1n) is 9.19. The molecule has 0 radical (unpaired) electrons. The molecule has 0 atom stereocenters. The molecule has 27 heavy (non-hydrogen) atoms. The van der Waals surface area contributed by atoms with Gasteiger partial charge in [-0.25, -0.2) is 15.0 Å². The summed E-state index contributed by atoms with van der Waals surface area (Å²) in [6.45, 7) is 5.51. The van der Waals surface area contributed by atoms with Gasteiger partial charge >= 0.3 is 0 Å². The minimum atomic E-state index is -0.0408. The molecule has 0 saturated heterocycles. The summed E-state index contributed by atoms with van der Waals surface area (Å²) < 4.78 is 1.58. The van der Waals surface area contributed by atoms with Gasteiger partial charge in [0.25, 0.3) is 0 Å². The van der Waals surface area contributed by atoms with Gasteiger partial charge in [-0.3, -0.25) is 14.2 Å². The number of amides is 1. The standard InChI is InChI=1S/C20H23N5O2/c1-3-10-24(11-4-2)18(27)13-25-17(14-26)22-16-12-21-19(23-20(16)25)15-8-6-5-7-9-15/h5-9,12,14H,3-4,10-11,13H2,1-2H3. The van der Waals surface area contributed by atoms with Crippen LogP contribution in [-0.4, -0.2) is 49.7 Å². The molecule has 0 fully saturated rings. The number of aldehydes is 1. The van der Waals surface area contributed by atoms with Crippen LogP contribution in [0.4, 0.5) is 0 Å². The third kappa shape index (κ3) is 4.02. The lowest BCUT2D eigenvalue weighted by atomic mass is 10.2. The van der Waals surface area contributed by atoms with Gasteiger partial charge in [-0.05, 0) is 12.8 Å². The Balaban J connectivity index is 2.00. The largest absolute Gasteiger partial charge is 0.341 e. The van der Waals surface area contributed by atoms with E-state index in [-0.39, 0.29) is 18.3 Å². The number of hydrogen-bond acceptors (Lipinski definition) is 5. The lowest BCUT2D eigenvalue weighted by Crippen LogP contribution is -2.35. The molecule has 0 aliphatic carbocycles. The lowest BCUT2D eigenvalue weighted by Gasteiger charge is -2.22. The Kier molecular flexibility index (Phi) is 5.90. The second-order valence-electron chi connectivity index (χ2n) is 6.32. The maximum Gasteiger partial charge on any atom is 0.242 e. The van der Waals surface area contributed by atoms with E-state index in [0.717, 1.165) is 18.4 Å². The molecule has 3 aromatic rings. The van der Waals surface area contributed by atoms with Crippen molar-refractivity contribution in [3.63, 3.8) is 0 Å². The summed E-state index contributed by atoms with van der Waals surface area (Å²) in [7, 11) is 0. The molecule has 0 bridgehead atoms. The number of rotatable bonds is 8. The van der Waals surface area contributed by atoms with E-state index < -0.39 is 0 Å². The van der Waals surface area contributed by atoms with E-state index in [2.05, 4.69) is 15.0 Å². The summed E-state index contributed by atoms with van der Waals surface area (Å²) in [4.78, 5) is 39.3. The summed E-state index contributed by atoms with van der Waals surface area (Å²) >= 11 is 0. The molecule has 0 N–H and O–H groups in total. The zero-order valence-electron chi connectivity index (χ0n) is 15.6. The number of carbonyl (C=O) groups excluding carboxylic acids is 2. The molecule has 0 unspecified atom stereocenters. The van der Waals surface area contributed by atoms with Crippen LogP contribution in [0.1, 0.15) is 37.3 Å². The minimum Gasteiger partial charge on any atom is -0.341 e. The van der Waals surface area contributed by atoms with E-state index in [9.17, 15) is 9.59 Å². The van der Waals surface area contributed by atoms with E-state index in [0.29, 0.717) is 36.4 Å². The van der Waals surface area contributed by atoms with Crippen LogP contribution in [0.2, 0.25) is 0 Å². The topological polar surface area (TPSA) is 81.0 Å². The summed E-state index contributed by atoms with van der Waals surface area (Å²) in [5.74, 6) is 0.680. The molecule has 0 saturated carbocycles. The van der Waals surface area contributed by atoms with Crippen molar-refractivity contribution >= 4 is 23.4 Å². The molecule has 0 spiro atoms. The van der Waals surface area contributed by atoms with Crippen molar-refractivity contribution in [1.29, 1.82) is 0 Å². The predicted molar refractivity (Wildman–Crippen MR) is 103 cm³/mol. The monoisotopic (exact) mass is 365 g/mol. The number of benzene rings is 1. The van der Waals surface area contributed by atoms with Crippen LogP contribution < -0.4 is 0 Å². The van der Waals surface area contributed by atoms with Gasteiger partial charge in [-0.2, -0.15) is 0 Å². The second kappa shape index (κ2) is 8.53. The quantitative estimate of drug-likeness (QED) is 0.573. The SMILES string of the molecule is CCCN(CCC)C(=O)Cn1c(C=O)nc2cnc(-c3ccccc3)nc21. The second-order valence-corrected chi connectivity index (χ2v) is 6.32. The van der Waals surface area contributed by atoms with Gasteiger partial charge in [-0.1, -0.05) is 44.2 Å². The average molecular weight is 365 g/mol. The molecule has 1 aromatic carbocycles. The molecule has 3 rings (SSSR count). The maximum atomic E-state index is 12.8. The van der Waals surface area contributed by atoms with Crippen LogP contribution in [0.3, 0.4) is 0 Å². The molecular formula is C20H23N5O2. The fourth-order valence-electron chi connectivity index (χ4n) is 3.04. The third-order valence-corrected chi connectivity index (χ3v) is 4.29. The van der Waals surface area contributed by atoms with Crippen molar-refractivity contribution in [3.8, 4) is 11.4 Å². The van der Waals surface area contributed by atoms with Crippen molar-refractivity contribution in [3.05, 3.63) is 42.4 Å². The van der Waals surface area contributed by atoms with Crippen LogP contribution in [0.5, 0.6) is 0 Å². The number of aromatic nitrogens is 4. The minimum absolute atomic E-state index is 0.0375. The van der Waals surface area contributed by atoms with Gasteiger partial charge in [0.1, 0.15) is 12.1 Å². The fraction of sp³-hybridized carbons (Fsp3) is 0.350. The van der Waals surface area contributed by atoms with E-state index in [1.54, 1.807) is 10.8 Å². The highest BCUT2D eigenvalue weighted by atomic mass is 16.2. The van der Waals surface area contributed by atoms with Gasteiger partial charge in [0, 0.05) is 18.7 Å². The normalized spacial score (nSPS) is 10.9. The van der Waals surface area contributed by atoms with Crippen LogP contribution in [0.25, 0.3) is 22.6 Å². The van der Waals surface area contributed by atoms with Crippen molar-refractivity contribution < 1.29 is 9.59 Å². The predicted octanol–water partition coefficient (Wildman–Crippen LogP) is 2.95. The fourth-order valence-corrected chi connectivity index (χ4v) is 3.04. The average Bonchev–Trinajstić information content (AvgIpc) is 3.05. The van der Waals surface area contributed by atoms with E-state index in [1.165, 1.54) is 0 Å².